The van der Waals surface area contributed by atoms with E-state index < -0.39 is 0 Å². The van der Waals surface area contributed by atoms with Gasteiger partial charge in [-0.3, -0.25) is 4.79 Å². The molecule has 0 spiro atoms. The summed E-state index contributed by atoms with van der Waals surface area (Å²) in [7, 11) is 1.65. The molecule has 0 saturated heterocycles. The van der Waals surface area contributed by atoms with Crippen LogP contribution in [0.4, 0.5) is 0 Å². The molecule has 7 heteroatoms. The van der Waals surface area contributed by atoms with Gasteiger partial charge in [-0.05, 0) is 44.0 Å². The molecule has 1 N–H and O–H groups in total. The highest BCUT2D eigenvalue weighted by atomic mass is 32.2. The number of amides is 1. The van der Waals surface area contributed by atoms with Gasteiger partial charge in [-0.2, -0.15) is 0 Å². The van der Waals surface area contributed by atoms with Crippen molar-refractivity contribution in [1.29, 1.82) is 0 Å². The molecule has 0 unspecified atom stereocenters. The Morgan fingerprint density at radius 2 is 1.96 bits per heavy atom. The first-order valence-electron chi connectivity index (χ1n) is 9.21. The Kier molecular flexibility index (Phi) is 6.55. The summed E-state index contributed by atoms with van der Waals surface area (Å²) in [5.74, 6) is 2.08. The zero-order valence-corrected chi connectivity index (χ0v) is 16.2. The topological polar surface area (TPSA) is 69.0 Å². The maximum Gasteiger partial charge on any atom is 0.230 e. The minimum atomic E-state index is 0.0820. The van der Waals surface area contributed by atoms with Gasteiger partial charge in [0.2, 0.25) is 5.91 Å². The fraction of sp³-hybridized carbons (Fsp3) is 0.526. The van der Waals surface area contributed by atoms with Gasteiger partial charge < -0.3 is 14.6 Å². The van der Waals surface area contributed by atoms with E-state index in [-0.39, 0.29) is 5.91 Å². The summed E-state index contributed by atoms with van der Waals surface area (Å²) in [6, 6.07) is 8.11. The fourth-order valence-electron chi connectivity index (χ4n) is 3.28. The lowest BCUT2D eigenvalue weighted by Crippen LogP contribution is -2.37. The monoisotopic (exact) mass is 374 g/mol. The highest BCUT2D eigenvalue weighted by molar-refractivity contribution is 7.99. The van der Waals surface area contributed by atoms with Crippen LogP contribution >= 0.6 is 11.8 Å². The minimum absolute atomic E-state index is 0.0820. The van der Waals surface area contributed by atoms with E-state index in [1.165, 1.54) is 31.0 Å². The highest BCUT2D eigenvalue weighted by Gasteiger charge is 2.18. The lowest BCUT2D eigenvalue weighted by molar-refractivity contribution is -0.119. The normalized spacial score (nSPS) is 15.0. The van der Waals surface area contributed by atoms with Crippen molar-refractivity contribution in [2.45, 2.75) is 56.8 Å². The van der Waals surface area contributed by atoms with Gasteiger partial charge >= 0.3 is 0 Å². The molecule has 0 aliphatic heterocycles. The van der Waals surface area contributed by atoms with Crippen LogP contribution in [0.5, 0.6) is 5.75 Å². The second-order valence-corrected chi connectivity index (χ2v) is 7.41. The average molecular weight is 375 g/mol. The van der Waals surface area contributed by atoms with Crippen molar-refractivity contribution in [3.8, 4) is 17.1 Å². The van der Waals surface area contributed by atoms with Crippen LogP contribution in [-0.2, 0) is 11.3 Å². The van der Waals surface area contributed by atoms with E-state index in [2.05, 4.69) is 22.4 Å². The highest BCUT2D eigenvalue weighted by Crippen LogP contribution is 2.25. The van der Waals surface area contributed by atoms with Gasteiger partial charge in [0.1, 0.15) is 5.75 Å². The molecule has 1 aliphatic rings. The van der Waals surface area contributed by atoms with Crippen LogP contribution in [0, 0.1) is 0 Å². The Hall–Kier alpha value is -2.02. The van der Waals surface area contributed by atoms with Crippen LogP contribution in [0.3, 0.4) is 0 Å². The predicted molar refractivity (Wildman–Crippen MR) is 103 cm³/mol. The molecule has 140 valence electrons. The number of hydrogen-bond donors (Lipinski definition) is 1. The van der Waals surface area contributed by atoms with Crippen molar-refractivity contribution in [2.24, 2.45) is 0 Å². The fourth-order valence-corrected chi connectivity index (χ4v) is 4.09. The van der Waals surface area contributed by atoms with Crippen molar-refractivity contribution in [1.82, 2.24) is 20.1 Å². The lowest BCUT2D eigenvalue weighted by atomic mass is 9.95. The number of nitrogens with zero attached hydrogens (tertiary/aromatic N) is 3. The number of rotatable bonds is 7. The molecule has 0 atom stereocenters. The Morgan fingerprint density at radius 3 is 2.62 bits per heavy atom. The van der Waals surface area contributed by atoms with Crippen LogP contribution in [0.1, 0.15) is 39.0 Å². The molecule has 1 aromatic heterocycles. The molecular formula is C19H26N4O2S. The first kappa shape index (κ1) is 18.8. The number of methoxy groups -OCH3 is 1. The quantitative estimate of drug-likeness (QED) is 0.751. The number of ether oxygens (including phenoxy) is 1. The van der Waals surface area contributed by atoms with E-state index in [9.17, 15) is 4.79 Å². The predicted octanol–water partition coefficient (Wildman–Crippen LogP) is 3.51. The molecule has 26 heavy (non-hydrogen) atoms. The van der Waals surface area contributed by atoms with Gasteiger partial charge in [-0.15, -0.1) is 10.2 Å². The van der Waals surface area contributed by atoms with E-state index in [1.807, 2.05) is 28.8 Å². The third-order valence-corrected chi connectivity index (χ3v) is 5.65. The number of aromatic nitrogens is 3. The first-order chi connectivity index (χ1) is 12.7. The van der Waals surface area contributed by atoms with Crippen molar-refractivity contribution in [3.05, 3.63) is 24.3 Å². The summed E-state index contributed by atoms with van der Waals surface area (Å²) in [4.78, 5) is 12.2. The maximum absolute atomic E-state index is 12.2. The molecule has 1 aliphatic carbocycles. The van der Waals surface area contributed by atoms with Crippen LogP contribution in [0.15, 0.2) is 29.4 Å². The smallest absolute Gasteiger partial charge is 0.230 e. The van der Waals surface area contributed by atoms with Crippen LogP contribution < -0.4 is 10.1 Å². The number of hydrogen-bond acceptors (Lipinski definition) is 5. The van der Waals surface area contributed by atoms with E-state index in [1.54, 1.807) is 7.11 Å². The Morgan fingerprint density at radius 1 is 1.23 bits per heavy atom. The maximum atomic E-state index is 12.2. The molecule has 1 heterocycles. The first-order valence-corrected chi connectivity index (χ1v) is 10.2. The average Bonchev–Trinajstić information content (AvgIpc) is 3.10. The summed E-state index contributed by atoms with van der Waals surface area (Å²) in [6.45, 7) is 2.81. The van der Waals surface area contributed by atoms with Gasteiger partial charge in [0, 0.05) is 18.2 Å². The van der Waals surface area contributed by atoms with E-state index >= 15 is 0 Å². The van der Waals surface area contributed by atoms with Crippen LogP contribution in [0.2, 0.25) is 0 Å². The summed E-state index contributed by atoms with van der Waals surface area (Å²) < 4.78 is 7.24. The molecule has 1 fully saturated rings. The van der Waals surface area contributed by atoms with Gasteiger partial charge in [0.15, 0.2) is 11.0 Å². The van der Waals surface area contributed by atoms with E-state index in [0.717, 1.165) is 41.7 Å². The molecule has 2 aromatic rings. The minimum Gasteiger partial charge on any atom is -0.497 e. The Bertz CT molecular complexity index is 724. The molecular weight excluding hydrogens is 348 g/mol. The van der Waals surface area contributed by atoms with E-state index in [4.69, 9.17) is 4.74 Å². The van der Waals surface area contributed by atoms with Crippen molar-refractivity contribution in [3.63, 3.8) is 0 Å². The van der Waals surface area contributed by atoms with Gasteiger partial charge in [-0.25, -0.2) is 0 Å². The largest absolute Gasteiger partial charge is 0.497 e. The van der Waals surface area contributed by atoms with Crippen molar-refractivity contribution >= 4 is 17.7 Å². The number of benzene rings is 1. The number of nitrogens with one attached hydrogen (secondary N) is 1. The molecule has 0 radical (unpaired) electrons. The Labute approximate surface area is 158 Å². The third-order valence-electron chi connectivity index (χ3n) is 4.68. The molecule has 1 amide bonds. The zero-order chi connectivity index (χ0) is 18.4. The van der Waals surface area contributed by atoms with Crippen molar-refractivity contribution in [2.75, 3.05) is 12.9 Å². The van der Waals surface area contributed by atoms with Crippen LogP contribution in [0.25, 0.3) is 11.4 Å². The molecule has 1 aromatic carbocycles. The lowest BCUT2D eigenvalue weighted by Gasteiger charge is -2.22. The van der Waals surface area contributed by atoms with Crippen LogP contribution in [-0.4, -0.2) is 39.6 Å². The molecule has 1 saturated carbocycles. The Balaban J connectivity index is 1.62. The second kappa shape index (κ2) is 9.07. The second-order valence-electron chi connectivity index (χ2n) is 6.47. The SMILES string of the molecule is CCn1c(SCC(=O)NC2CCCCC2)nnc1-c1ccc(OC)cc1. The summed E-state index contributed by atoms with van der Waals surface area (Å²) in [5, 5.41) is 12.5. The number of carbonyl (C=O) groups is 1. The zero-order valence-electron chi connectivity index (χ0n) is 15.4. The van der Waals surface area contributed by atoms with E-state index in [0.29, 0.717) is 11.8 Å². The summed E-state index contributed by atoms with van der Waals surface area (Å²) in [5.41, 5.74) is 0.985. The van der Waals surface area contributed by atoms with Gasteiger partial charge in [0.05, 0.1) is 12.9 Å². The molecule has 3 rings (SSSR count). The van der Waals surface area contributed by atoms with Gasteiger partial charge in [-0.1, -0.05) is 31.0 Å². The molecule has 6 nitrogen and oxygen atoms in total. The molecule has 0 bridgehead atoms. The van der Waals surface area contributed by atoms with Crippen molar-refractivity contribution < 1.29 is 9.53 Å². The number of thioether (sulfide) groups is 1. The van der Waals surface area contributed by atoms with Gasteiger partial charge in [0.25, 0.3) is 0 Å². The summed E-state index contributed by atoms with van der Waals surface area (Å²) in [6.07, 6.45) is 5.92. The number of carbonyl (C=O) groups excluding carboxylic acids is 1. The summed E-state index contributed by atoms with van der Waals surface area (Å²) >= 11 is 1.44. The third kappa shape index (κ3) is 4.58. The standard InChI is InChI=1S/C19H26N4O2S/c1-3-23-18(14-9-11-16(25-2)12-10-14)21-22-19(23)26-13-17(24)20-15-7-5-4-6-8-15/h9-12,15H,3-8,13H2,1-2H3,(H,20,24).